The summed E-state index contributed by atoms with van der Waals surface area (Å²) in [5, 5.41) is 11.1. The van der Waals surface area contributed by atoms with Crippen molar-refractivity contribution < 1.29 is 4.79 Å². The Morgan fingerprint density at radius 3 is 2.40 bits per heavy atom. The number of hydrogen-bond donors (Lipinski definition) is 2. The third-order valence-corrected chi connectivity index (χ3v) is 6.05. The molecule has 0 saturated heterocycles. The molecule has 4 heterocycles. The largest absolute Gasteiger partial charge is 0.328 e. The van der Waals surface area contributed by atoms with Gasteiger partial charge in [-0.3, -0.25) is 14.8 Å². The smallest absolute Gasteiger partial charge is 0.255 e. The van der Waals surface area contributed by atoms with Crippen molar-refractivity contribution in [2.24, 2.45) is 0 Å². The number of allylic oxidation sites excluding steroid dienone is 1. The molecule has 1 amide bonds. The maximum Gasteiger partial charge on any atom is 0.255 e. The molecule has 1 atom stereocenters. The van der Waals surface area contributed by atoms with Gasteiger partial charge in [-0.05, 0) is 47.7 Å². The zero-order chi connectivity index (χ0) is 24.6. The minimum Gasteiger partial charge on any atom is -0.328 e. The second kappa shape index (κ2) is 8.79. The lowest BCUT2D eigenvalue weighted by molar-refractivity contribution is -0.113. The molecule has 8 nitrogen and oxygen atoms in total. The van der Waals surface area contributed by atoms with Gasteiger partial charge in [0.2, 0.25) is 5.95 Å². The lowest BCUT2D eigenvalue weighted by Crippen LogP contribution is -2.31. The monoisotopic (exact) mass is 465 g/mol. The number of rotatable bonds is 4. The topological polar surface area (TPSA) is 97.6 Å². The number of carbonyl (C=O) groups excluding carboxylic acids is 1. The number of carbonyl (C=O) groups is 1. The van der Waals surface area contributed by atoms with E-state index in [1.54, 1.807) is 41.6 Å². The first-order valence-electron chi connectivity index (χ1n) is 11.5. The van der Waals surface area contributed by atoms with E-state index in [9.17, 15) is 4.79 Å². The molecule has 0 bridgehead atoms. The molecule has 1 unspecified atom stereocenters. The van der Waals surface area contributed by atoms with E-state index < -0.39 is 6.04 Å². The Labute approximate surface area is 204 Å². The Morgan fingerprint density at radius 1 is 1.00 bits per heavy atom. The lowest BCUT2D eigenvalue weighted by Gasteiger charge is -2.28. The van der Waals surface area contributed by atoms with Crippen molar-refractivity contribution in [3.05, 3.63) is 95.7 Å². The molecule has 0 spiro atoms. The van der Waals surface area contributed by atoms with Crippen molar-refractivity contribution >= 4 is 17.5 Å². The van der Waals surface area contributed by atoms with Crippen LogP contribution in [-0.4, -0.2) is 30.6 Å². The van der Waals surface area contributed by atoms with Gasteiger partial charge in [-0.1, -0.05) is 45.0 Å². The first-order valence-corrected chi connectivity index (χ1v) is 11.5. The van der Waals surface area contributed by atoms with Gasteiger partial charge in [0.05, 0.1) is 17.5 Å². The van der Waals surface area contributed by atoms with Crippen molar-refractivity contribution in [2.75, 3.05) is 10.6 Å². The van der Waals surface area contributed by atoms with Gasteiger partial charge in [0.25, 0.3) is 5.91 Å². The quantitative estimate of drug-likeness (QED) is 0.442. The van der Waals surface area contributed by atoms with Crippen LogP contribution in [0.25, 0.3) is 11.4 Å². The van der Waals surface area contributed by atoms with Crippen molar-refractivity contribution in [1.82, 2.24) is 24.7 Å². The maximum atomic E-state index is 13.5. The van der Waals surface area contributed by atoms with Crippen molar-refractivity contribution in [1.29, 1.82) is 0 Å². The summed E-state index contributed by atoms with van der Waals surface area (Å²) < 4.78 is 1.77. The molecule has 0 fully saturated rings. The first-order chi connectivity index (χ1) is 16.8. The van der Waals surface area contributed by atoms with Gasteiger partial charge >= 0.3 is 0 Å². The number of nitrogens with one attached hydrogen (secondary N) is 2. The van der Waals surface area contributed by atoms with Crippen molar-refractivity contribution in [2.45, 2.75) is 39.2 Å². The fraction of sp³-hybridized carbons (Fsp3) is 0.222. The number of aromatic nitrogens is 5. The van der Waals surface area contributed by atoms with E-state index in [0.717, 1.165) is 11.1 Å². The number of hydrogen-bond acceptors (Lipinski definition) is 6. The minimum atomic E-state index is -0.471. The van der Waals surface area contributed by atoms with Crippen LogP contribution in [0, 0.1) is 0 Å². The molecule has 35 heavy (non-hydrogen) atoms. The summed E-state index contributed by atoms with van der Waals surface area (Å²) in [4.78, 5) is 26.5. The van der Waals surface area contributed by atoms with E-state index in [2.05, 4.69) is 53.5 Å². The Balaban J connectivity index is 1.55. The normalized spacial score (nSPS) is 15.4. The molecule has 0 aliphatic carbocycles. The fourth-order valence-electron chi connectivity index (χ4n) is 4.18. The summed E-state index contributed by atoms with van der Waals surface area (Å²) in [5.74, 6) is 0.938. The molecule has 0 saturated carbocycles. The SMILES string of the molecule is CC1=C(C(=O)Nc2cccnc2)C(c2ccncc2)n2nc(-c3ccc(C(C)(C)C)cc3)nc2N1. The number of pyridine rings is 2. The molecule has 0 radical (unpaired) electrons. The second-order valence-electron chi connectivity index (χ2n) is 9.57. The summed E-state index contributed by atoms with van der Waals surface area (Å²) in [6, 6.07) is 15.2. The molecule has 176 valence electrons. The van der Waals surface area contributed by atoms with Gasteiger partial charge in [-0.15, -0.1) is 5.10 Å². The van der Waals surface area contributed by atoms with Crippen LogP contribution in [0.3, 0.4) is 0 Å². The highest BCUT2D eigenvalue weighted by Crippen LogP contribution is 2.36. The van der Waals surface area contributed by atoms with Crippen LogP contribution >= 0.6 is 0 Å². The van der Waals surface area contributed by atoms with Gasteiger partial charge in [0.15, 0.2) is 5.82 Å². The van der Waals surface area contributed by atoms with E-state index in [4.69, 9.17) is 10.1 Å². The molecule has 2 N–H and O–H groups in total. The molecule has 8 heteroatoms. The summed E-state index contributed by atoms with van der Waals surface area (Å²) in [6.45, 7) is 8.43. The Kier molecular flexibility index (Phi) is 5.64. The molecular formula is C27H27N7O. The average molecular weight is 466 g/mol. The standard InChI is InChI=1S/C27H27N7O/c1-17-22(25(35)31-21-6-5-13-29-16-21)23(18-11-14-28-15-12-18)34-26(30-17)32-24(33-34)19-7-9-20(10-8-19)27(2,3)4/h5-16,23H,1-4H3,(H,31,35)(H,30,32,33). The highest BCUT2D eigenvalue weighted by Gasteiger charge is 2.34. The third-order valence-electron chi connectivity index (χ3n) is 6.05. The Morgan fingerprint density at radius 2 is 1.74 bits per heavy atom. The zero-order valence-corrected chi connectivity index (χ0v) is 20.1. The Bertz CT molecular complexity index is 1390. The summed E-state index contributed by atoms with van der Waals surface area (Å²) in [6.07, 6.45) is 6.71. The van der Waals surface area contributed by atoms with Gasteiger partial charge in [0.1, 0.15) is 6.04 Å². The fourth-order valence-corrected chi connectivity index (χ4v) is 4.18. The predicted molar refractivity (Wildman–Crippen MR) is 136 cm³/mol. The first kappa shape index (κ1) is 22.5. The predicted octanol–water partition coefficient (Wildman–Crippen LogP) is 4.96. The van der Waals surface area contributed by atoms with Crippen molar-refractivity contribution in [3.8, 4) is 11.4 Å². The zero-order valence-electron chi connectivity index (χ0n) is 20.1. The van der Waals surface area contributed by atoms with Crippen LogP contribution in [0.4, 0.5) is 11.6 Å². The van der Waals surface area contributed by atoms with Gasteiger partial charge in [0, 0.05) is 29.9 Å². The minimum absolute atomic E-state index is 0.0605. The van der Waals surface area contributed by atoms with Gasteiger partial charge < -0.3 is 10.6 Å². The number of benzene rings is 1. The van der Waals surface area contributed by atoms with E-state index in [-0.39, 0.29) is 11.3 Å². The highest BCUT2D eigenvalue weighted by atomic mass is 16.1. The van der Waals surface area contributed by atoms with Crippen molar-refractivity contribution in [3.63, 3.8) is 0 Å². The average Bonchev–Trinajstić information content (AvgIpc) is 3.27. The number of amides is 1. The summed E-state index contributed by atoms with van der Waals surface area (Å²) in [7, 11) is 0. The van der Waals surface area contributed by atoms with Crippen LogP contribution in [-0.2, 0) is 10.2 Å². The maximum absolute atomic E-state index is 13.5. The molecule has 1 aliphatic rings. The second-order valence-corrected chi connectivity index (χ2v) is 9.57. The van der Waals surface area contributed by atoms with Gasteiger partial charge in [-0.2, -0.15) is 4.98 Å². The molecule has 3 aromatic heterocycles. The number of anilines is 2. The van der Waals surface area contributed by atoms with E-state index in [1.165, 1.54) is 5.56 Å². The van der Waals surface area contributed by atoms with E-state index >= 15 is 0 Å². The summed E-state index contributed by atoms with van der Waals surface area (Å²) >= 11 is 0. The molecule has 1 aliphatic heterocycles. The number of fused-ring (bicyclic) bond motifs is 1. The highest BCUT2D eigenvalue weighted by molar-refractivity contribution is 6.05. The Hall–Kier alpha value is -4.33. The van der Waals surface area contributed by atoms with Crippen LogP contribution < -0.4 is 10.6 Å². The molecule has 5 rings (SSSR count). The summed E-state index contributed by atoms with van der Waals surface area (Å²) in [5.41, 5.74) is 4.98. The molecule has 4 aromatic rings. The van der Waals surface area contributed by atoms with E-state index in [1.807, 2.05) is 31.2 Å². The lowest BCUT2D eigenvalue weighted by atomic mass is 9.87. The van der Waals surface area contributed by atoms with Crippen LogP contribution in [0.1, 0.15) is 44.9 Å². The van der Waals surface area contributed by atoms with Crippen LogP contribution in [0.2, 0.25) is 0 Å². The molecular weight excluding hydrogens is 438 g/mol. The van der Waals surface area contributed by atoms with E-state index in [0.29, 0.717) is 28.7 Å². The third kappa shape index (κ3) is 4.42. The molecule has 1 aromatic carbocycles. The van der Waals surface area contributed by atoms with Crippen LogP contribution in [0.5, 0.6) is 0 Å². The van der Waals surface area contributed by atoms with Gasteiger partial charge in [-0.25, -0.2) is 4.68 Å². The van der Waals surface area contributed by atoms with Crippen LogP contribution in [0.15, 0.2) is 84.6 Å². The number of nitrogens with zero attached hydrogens (tertiary/aromatic N) is 5.